The summed E-state index contributed by atoms with van der Waals surface area (Å²) in [5.74, 6) is -0.116. The second-order valence-electron chi connectivity index (χ2n) is 8.10. The predicted molar refractivity (Wildman–Crippen MR) is 133 cm³/mol. The standard InChI is InChI=1S/C26H26N6O2/c1-16-2-8-19(9-3-16)20-10-6-18(7-11-20)15-29-26-31-23(30-25(28)32-26)21-12-4-17(5-13-21)14-22(27)24(33)34/h2-13,22H,14-15,27H2,1H3,(H,33,34)(H3,28,29,30,31,32)/t22-/m0/s1. The number of carboxylic acids is 1. The molecule has 4 aromatic rings. The van der Waals surface area contributed by atoms with Crippen molar-refractivity contribution in [2.75, 3.05) is 11.1 Å². The molecule has 0 radical (unpaired) electrons. The van der Waals surface area contributed by atoms with Crippen molar-refractivity contribution in [3.63, 3.8) is 0 Å². The minimum Gasteiger partial charge on any atom is -0.480 e. The van der Waals surface area contributed by atoms with Gasteiger partial charge in [-0.1, -0.05) is 78.4 Å². The van der Waals surface area contributed by atoms with E-state index < -0.39 is 12.0 Å². The van der Waals surface area contributed by atoms with Gasteiger partial charge >= 0.3 is 5.97 Å². The molecule has 3 aromatic carbocycles. The van der Waals surface area contributed by atoms with Crippen molar-refractivity contribution < 1.29 is 9.90 Å². The Hall–Kier alpha value is -4.30. The van der Waals surface area contributed by atoms with Gasteiger partial charge in [-0.05, 0) is 35.6 Å². The molecule has 1 heterocycles. The van der Waals surface area contributed by atoms with Gasteiger partial charge < -0.3 is 21.9 Å². The molecule has 0 bridgehead atoms. The van der Waals surface area contributed by atoms with Gasteiger partial charge in [-0.2, -0.15) is 15.0 Å². The summed E-state index contributed by atoms with van der Waals surface area (Å²) >= 11 is 0. The van der Waals surface area contributed by atoms with E-state index in [0.29, 0.717) is 18.3 Å². The highest BCUT2D eigenvalue weighted by atomic mass is 16.4. The Bertz CT molecular complexity index is 1270. The Morgan fingerprint density at radius 3 is 2.03 bits per heavy atom. The van der Waals surface area contributed by atoms with Crippen LogP contribution in [0.3, 0.4) is 0 Å². The van der Waals surface area contributed by atoms with E-state index in [4.69, 9.17) is 16.6 Å². The molecule has 0 saturated heterocycles. The molecule has 172 valence electrons. The molecule has 0 spiro atoms. The number of aromatic nitrogens is 3. The first-order valence-corrected chi connectivity index (χ1v) is 10.9. The molecular formula is C26H26N6O2. The number of hydrogen-bond acceptors (Lipinski definition) is 7. The van der Waals surface area contributed by atoms with Crippen molar-refractivity contribution in [2.24, 2.45) is 5.73 Å². The van der Waals surface area contributed by atoms with Crippen molar-refractivity contribution in [3.8, 4) is 22.5 Å². The van der Waals surface area contributed by atoms with Crippen LogP contribution >= 0.6 is 0 Å². The quantitative estimate of drug-likeness (QED) is 0.316. The van der Waals surface area contributed by atoms with E-state index in [9.17, 15) is 4.79 Å². The van der Waals surface area contributed by atoms with Crippen molar-refractivity contribution >= 4 is 17.9 Å². The van der Waals surface area contributed by atoms with Crippen LogP contribution in [0.1, 0.15) is 16.7 Å². The van der Waals surface area contributed by atoms with Gasteiger partial charge in [-0.3, -0.25) is 4.79 Å². The Morgan fingerprint density at radius 1 is 0.853 bits per heavy atom. The molecule has 0 unspecified atom stereocenters. The van der Waals surface area contributed by atoms with E-state index in [-0.39, 0.29) is 12.4 Å². The number of rotatable bonds is 8. The van der Waals surface area contributed by atoms with Gasteiger partial charge in [-0.15, -0.1) is 0 Å². The molecule has 4 rings (SSSR count). The number of carbonyl (C=O) groups is 1. The second kappa shape index (κ2) is 10.1. The van der Waals surface area contributed by atoms with Crippen molar-refractivity contribution in [3.05, 3.63) is 89.5 Å². The Balaban J connectivity index is 1.43. The first-order chi connectivity index (χ1) is 16.4. The molecule has 1 aromatic heterocycles. The van der Waals surface area contributed by atoms with Crippen LogP contribution in [0.4, 0.5) is 11.9 Å². The maximum atomic E-state index is 11.0. The largest absolute Gasteiger partial charge is 0.480 e. The molecular weight excluding hydrogens is 428 g/mol. The molecule has 34 heavy (non-hydrogen) atoms. The van der Waals surface area contributed by atoms with E-state index in [1.807, 2.05) is 12.1 Å². The number of anilines is 2. The van der Waals surface area contributed by atoms with Crippen LogP contribution in [0.15, 0.2) is 72.8 Å². The smallest absolute Gasteiger partial charge is 0.320 e. The maximum Gasteiger partial charge on any atom is 0.320 e. The van der Waals surface area contributed by atoms with Gasteiger partial charge in [0, 0.05) is 12.1 Å². The fourth-order valence-electron chi connectivity index (χ4n) is 3.47. The highest BCUT2D eigenvalue weighted by Crippen LogP contribution is 2.21. The van der Waals surface area contributed by atoms with Crippen LogP contribution < -0.4 is 16.8 Å². The van der Waals surface area contributed by atoms with Gasteiger partial charge in [0.2, 0.25) is 11.9 Å². The average Bonchev–Trinajstić information content (AvgIpc) is 2.84. The summed E-state index contributed by atoms with van der Waals surface area (Å²) in [6, 6.07) is 23.0. The molecule has 0 fully saturated rings. The number of nitrogens with zero attached hydrogens (tertiary/aromatic N) is 3. The Morgan fingerprint density at radius 2 is 1.41 bits per heavy atom. The summed E-state index contributed by atoms with van der Waals surface area (Å²) in [6.45, 7) is 2.61. The lowest BCUT2D eigenvalue weighted by Gasteiger charge is -2.10. The zero-order valence-electron chi connectivity index (χ0n) is 18.8. The van der Waals surface area contributed by atoms with Crippen LogP contribution in [0.2, 0.25) is 0 Å². The third-order valence-corrected chi connectivity index (χ3v) is 5.43. The third-order valence-electron chi connectivity index (χ3n) is 5.43. The maximum absolute atomic E-state index is 11.0. The molecule has 0 amide bonds. The summed E-state index contributed by atoms with van der Waals surface area (Å²) in [4.78, 5) is 23.8. The summed E-state index contributed by atoms with van der Waals surface area (Å²) < 4.78 is 0. The highest BCUT2D eigenvalue weighted by molar-refractivity contribution is 5.73. The van der Waals surface area contributed by atoms with Gasteiger partial charge in [0.15, 0.2) is 5.82 Å². The average molecular weight is 455 g/mol. The third kappa shape index (κ3) is 5.73. The Labute approximate surface area is 197 Å². The van der Waals surface area contributed by atoms with Crippen LogP contribution in [0, 0.1) is 6.92 Å². The topological polar surface area (TPSA) is 140 Å². The number of nitrogens with one attached hydrogen (secondary N) is 1. The van der Waals surface area contributed by atoms with Crippen LogP contribution in [0.5, 0.6) is 0 Å². The first-order valence-electron chi connectivity index (χ1n) is 10.9. The molecule has 0 aliphatic heterocycles. The molecule has 6 N–H and O–H groups in total. The van der Waals surface area contributed by atoms with Crippen LogP contribution in [-0.4, -0.2) is 32.1 Å². The number of aryl methyl sites for hydroxylation is 1. The number of benzene rings is 3. The lowest BCUT2D eigenvalue weighted by atomic mass is 10.0. The van der Waals surface area contributed by atoms with Gasteiger partial charge in [0.25, 0.3) is 0 Å². The van der Waals surface area contributed by atoms with Gasteiger partial charge in [0.05, 0.1) is 0 Å². The first kappa shape index (κ1) is 22.9. The second-order valence-corrected chi connectivity index (χ2v) is 8.10. The predicted octanol–water partition coefficient (Wildman–Crippen LogP) is 3.66. The molecule has 1 atom stereocenters. The molecule has 0 aliphatic rings. The van der Waals surface area contributed by atoms with Crippen LogP contribution in [-0.2, 0) is 17.8 Å². The number of nitrogens with two attached hydrogens (primary N) is 2. The zero-order chi connectivity index (χ0) is 24.1. The zero-order valence-corrected chi connectivity index (χ0v) is 18.8. The number of carboxylic acid groups (broad SMARTS) is 1. The van der Waals surface area contributed by atoms with E-state index in [1.54, 1.807) is 12.1 Å². The minimum absolute atomic E-state index is 0.110. The molecule has 8 nitrogen and oxygen atoms in total. The fraction of sp³-hybridized carbons (Fsp3) is 0.154. The van der Waals surface area contributed by atoms with Gasteiger partial charge in [0.1, 0.15) is 6.04 Å². The fourth-order valence-corrected chi connectivity index (χ4v) is 3.47. The lowest BCUT2D eigenvalue weighted by molar-refractivity contribution is -0.138. The van der Waals surface area contributed by atoms with Crippen molar-refractivity contribution in [1.82, 2.24) is 15.0 Å². The van der Waals surface area contributed by atoms with E-state index >= 15 is 0 Å². The number of nitrogen functional groups attached to an aromatic ring is 1. The van der Waals surface area contributed by atoms with Crippen LogP contribution in [0.25, 0.3) is 22.5 Å². The Kier molecular flexibility index (Phi) is 6.79. The molecule has 0 saturated carbocycles. The number of hydrogen-bond donors (Lipinski definition) is 4. The SMILES string of the molecule is Cc1ccc(-c2ccc(CNc3nc(N)nc(-c4ccc(C[C@H](N)C(=O)O)cc4)n3)cc2)cc1. The summed E-state index contributed by atoms with van der Waals surface area (Å²) in [7, 11) is 0. The number of aliphatic carboxylic acids is 1. The van der Waals surface area contributed by atoms with E-state index in [1.165, 1.54) is 11.1 Å². The molecule has 8 heteroatoms. The van der Waals surface area contributed by atoms with Crippen molar-refractivity contribution in [2.45, 2.75) is 25.9 Å². The minimum atomic E-state index is -1.03. The summed E-state index contributed by atoms with van der Waals surface area (Å²) in [5.41, 5.74) is 17.7. The van der Waals surface area contributed by atoms with E-state index in [0.717, 1.165) is 22.3 Å². The van der Waals surface area contributed by atoms with Crippen molar-refractivity contribution in [1.29, 1.82) is 0 Å². The monoisotopic (exact) mass is 454 g/mol. The van der Waals surface area contributed by atoms with Gasteiger partial charge in [-0.25, -0.2) is 0 Å². The summed E-state index contributed by atoms with van der Waals surface area (Å²) in [5, 5.41) is 12.2. The normalized spacial score (nSPS) is 11.7. The lowest BCUT2D eigenvalue weighted by Crippen LogP contribution is -2.32. The highest BCUT2D eigenvalue weighted by Gasteiger charge is 2.13. The summed E-state index contributed by atoms with van der Waals surface area (Å²) in [6.07, 6.45) is 0.241. The molecule has 0 aliphatic carbocycles. The van der Waals surface area contributed by atoms with E-state index in [2.05, 4.69) is 75.7 Å².